The number of aromatic hydroxyl groups is 1. The van der Waals surface area contributed by atoms with Crippen LogP contribution in [-0.4, -0.2) is 28.2 Å². The van der Waals surface area contributed by atoms with Crippen LogP contribution in [-0.2, 0) is 0 Å². The molecule has 166 valence electrons. The number of halogens is 1. The van der Waals surface area contributed by atoms with E-state index in [0.29, 0.717) is 0 Å². The molecule has 2 heterocycles. The molecule has 3 aromatic carbocycles. The lowest BCUT2D eigenvalue weighted by Gasteiger charge is -2.26. The Balaban J connectivity index is 1.52. The Bertz CT molecular complexity index is 1220. The fraction of sp³-hybridized carbons (Fsp3) is 0.179. The van der Waals surface area contributed by atoms with Crippen molar-refractivity contribution in [3.63, 3.8) is 0 Å². The van der Waals surface area contributed by atoms with E-state index in [0.717, 1.165) is 65.3 Å². The van der Waals surface area contributed by atoms with Gasteiger partial charge in [-0.3, -0.25) is 0 Å². The van der Waals surface area contributed by atoms with E-state index in [2.05, 4.69) is 0 Å². The summed E-state index contributed by atoms with van der Waals surface area (Å²) < 4.78 is 13.4. The number of pyridine rings is 1. The minimum Gasteiger partial charge on any atom is -0.508 e. The van der Waals surface area contributed by atoms with Crippen molar-refractivity contribution in [2.24, 2.45) is 0 Å². The molecular weight excluding hydrogens is 415 g/mol. The Hall–Kier alpha value is -3.70. The first-order chi connectivity index (χ1) is 16.2. The van der Waals surface area contributed by atoms with Gasteiger partial charge in [0.2, 0.25) is 0 Å². The third kappa shape index (κ3) is 4.89. The summed E-state index contributed by atoms with van der Waals surface area (Å²) in [7, 11) is 0. The standard InChI is InChI=1S/C28H25FN2O2/c29-23-10-4-21(5-11-23)27-17-16-26(20-6-12-24(32)13-7-20)28(30-27)22-8-14-25(15-9-22)33-31-18-2-1-3-19-31/h4-17,32H,1-3,18-19H2. The van der Waals surface area contributed by atoms with Crippen LogP contribution in [0.4, 0.5) is 4.39 Å². The number of rotatable bonds is 5. The molecular formula is C28H25FN2O2. The van der Waals surface area contributed by atoms with Crippen LogP contribution < -0.4 is 4.84 Å². The van der Waals surface area contributed by atoms with E-state index in [1.165, 1.54) is 18.6 Å². The minimum absolute atomic E-state index is 0.218. The van der Waals surface area contributed by atoms with Crippen molar-refractivity contribution >= 4 is 0 Å². The highest BCUT2D eigenvalue weighted by Gasteiger charge is 2.14. The number of phenolic OH excluding ortho intramolecular Hbond substituents is 1. The average molecular weight is 441 g/mol. The number of piperidine rings is 1. The number of nitrogens with zero attached hydrogens (tertiary/aromatic N) is 2. The van der Waals surface area contributed by atoms with Crippen molar-refractivity contribution in [3.05, 3.63) is 90.7 Å². The third-order valence-electron chi connectivity index (χ3n) is 5.89. The number of hydrogen-bond acceptors (Lipinski definition) is 4. The molecule has 1 N–H and O–H groups in total. The highest BCUT2D eigenvalue weighted by atomic mass is 19.1. The lowest BCUT2D eigenvalue weighted by atomic mass is 9.97. The zero-order valence-electron chi connectivity index (χ0n) is 18.2. The molecule has 1 aromatic heterocycles. The van der Waals surface area contributed by atoms with Gasteiger partial charge < -0.3 is 9.94 Å². The maximum atomic E-state index is 13.4. The molecule has 33 heavy (non-hydrogen) atoms. The SMILES string of the molecule is Oc1ccc(-c2ccc(-c3ccc(F)cc3)nc2-c2ccc(ON3CCCCC3)cc2)cc1. The van der Waals surface area contributed by atoms with Gasteiger partial charge in [-0.15, -0.1) is 5.06 Å². The van der Waals surface area contributed by atoms with E-state index in [1.54, 1.807) is 24.3 Å². The number of benzene rings is 3. The molecule has 1 aliphatic rings. The topological polar surface area (TPSA) is 45.6 Å². The lowest BCUT2D eigenvalue weighted by molar-refractivity contribution is -0.0719. The van der Waals surface area contributed by atoms with Gasteiger partial charge in [0.1, 0.15) is 17.3 Å². The van der Waals surface area contributed by atoms with Gasteiger partial charge in [-0.25, -0.2) is 9.37 Å². The molecule has 0 amide bonds. The van der Waals surface area contributed by atoms with Gasteiger partial charge in [-0.2, -0.15) is 0 Å². The number of hydrogen-bond donors (Lipinski definition) is 1. The van der Waals surface area contributed by atoms with Crippen LogP contribution in [0.3, 0.4) is 0 Å². The van der Waals surface area contributed by atoms with Gasteiger partial charge in [0.05, 0.1) is 11.4 Å². The summed E-state index contributed by atoms with van der Waals surface area (Å²) in [6.07, 6.45) is 3.58. The maximum absolute atomic E-state index is 13.4. The maximum Gasteiger partial charge on any atom is 0.147 e. The van der Waals surface area contributed by atoms with Gasteiger partial charge in [0.15, 0.2) is 0 Å². The van der Waals surface area contributed by atoms with Crippen molar-refractivity contribution in [2.45, 2.75) is 19.3 Å². The fourth-order valence-corrected chi connectivity index (χ4v) is 4.11. The second-order valence-electron chi connectivity index (χ2n) is 8.25. The van der Waals surface area contributed by atoms with Crippen LogP contribution >= 0.6 is 0 Å². The Morgan fingerprint density at radius 2 is 1.33 bits per heavy atom. The number of hydroxylamine groups is 2. The normalized spacial score (nSPS) is 14.2. The van der Waals surface area contributed by atoms with Gasteiger partial charge >= 0.3 is 0 Å². The lowest BCUT2D eigenvalue weighted by Crippen LogP contribution is -2.32. The minimum atomic E-state index is -0.274. The molecule has 1 fully saturated rings. The van der Waals surface area contributed by atoms with E-state index in [4.69, 9.17) is 9.82 Å². The Kier molecular flexibility index (Phi) is 6.05. The molecule has 0 radical (unpaired) electrons. The van der Waals surface area contributed by atoms with E-state index in [1.807, 2.05) is 53.6 Å². The van der Waals surface area contributed by atoms with E-state index >= 15 is 0 Å². The van der Waals surface area contributed by atoms with Crippen molar-refractivity contribution in [1.29, 1.82) is 0 Å². The summed E-state index contributed by atoms with van der Waals surface area (Å²) in [6.45, 7) is 1.90. The third-order valence-corrected chi connectivity index (χ3v) is 5.89. The first-order valence-corrected chi connectivity index (χ1v) is 11.3. The van der Waals surface area contributed by atoms with Crippen LogP contribution in [0, 0.1) is 5.82 Å². The molecule has 0 bridgehead atoms. The highest BCUT2D eigenvalue weighted by Crippen LogP contribution is 2.34. The Morgan fingerprint density at radius 3 is 2.03 bits per heavy atom. The van der Waals surface area contributed by atoms with Crippen LogP contribution in [0.5, 0.6) is 11.5 Å². The first kappa shape index (κ1) is 21.2. The van der Waals surface area contributed by atoms with Gasteiger partial charge in [-0.05, 0) is 85.1 Å². The van der Waals surface area contributed by atoms with Gasteiger partial charge in [-0.1, -0.05) is 24.6 Å². The van der Waals surface area contributed by atoms with Crippen LogP contribution in [0.2, 0.25) is 0 Å². The Labute approximate surface area is 192 Å². The molecule has 1 saturated heterocycles. The largest absolute Gasteiger partial charge is 0.508 e. The number of aromatic nitrogens is 1. The van der Waals surface area contributed by atoms with Crippen molar-refractivity contribution in [2.75, 3.05) is 13.1 Å². The first-order valence-electron chi connectivity index (χ1n) is 11.3. The van der Waals surface area contributed by atoms with Crippen LogP contribution in [0.15, 0.2) is 84.9 Å². The molecule has 4 nitrogen and oxygen atoms in total. The predicted molar refractivity (Wildman–Crippen MR) is 128 cm³/mol. The molecule has 0 atom stereocenters. The van der Waals surface area contributed by atoms with E-state index in [-0.39, 0.29) is 11.6 Å². The second-order valence-corrected chi connectivity index (χ2v) is 8.25. The van der Waals surface area contributed by atoms with E-state index in [9.17, 15) is 9.50 Å². The molecule has 5 rings (SSSR count). The molecule has 0 unspecified atom stereocenters. The van der Waals surface area contributed by atoms with E-state index < -0.39 is 0 Å². The zero-order chi connectivity index (χ0) is 22.6. The van der Waals surface area contributed by atoms with Crippen molar-refractivity contribution in [3.8, 4) is 45.1 Å². The monoisotopic (exact) mass is 440 g/mol. The second kappa shape index (κ2) is 9.43. The van der Waals surface area contributed by atoms with Crippen molar-refractivity contribution < 1.29 is 14.3 Å². The van der Waals surface area contributed by atoms with Crippen molar-refractivity contribution in [1.82, 2.24) is 10.0 Å². The zero-order valence-corrected chi connectivity index (χ0v) is 18.2. The summed E-state index contributed by atoms with van der Waals surface area (Å²) in [5.41, 5.74) is 5.28. The summed E-state index contributed by atoms with van der Waals surface area (Å²) in [5, 5.41) is 11.7. The summed E-state index contributed by atoms with van der Waals surface area (Å²) >= 11 is 0. The molecule has 1 aliphatic heterocycles. The summed E-state index contributed by atoms with van der Waals surface area (Å²) in [6, 6.07) is 25.4. The smallest absolute Gasteiger partial charge is 0.147 e. The molecule has 0 spiro atoms. The van der Waals surface area contributed by atoms with Gasteiger partial charge in [0, 0.05) is 29.8 Å². The Morgan fingerprint density at radius 1 is 0.697 bits per heavy atom. The van der Waals surface area contributed by atoms with Crippen LogP contribution in [0.25, 0.3) is 33.6 Å². The summed E-state index contributed by atoms with van der Waals surface area (Å²) in [5.74, 6) is 0.751. The molecule has 0 aliphatic carbocycles. The van der Waals surface area contributed by atoms with Crippen LogP contribution in [0.1, 0.15) is 19.3 Å². The molecule has 5 heteroatoms. The average Bonchev–Trinajstić information content (AvgIpc) is 2.86. The predicted octanol–water partition coefficient (Wildman–Crippen LogP) is 6.71. The molecule has 0 saturated carbocycles. The summed E-state index contributed by atoms with van der Waals surface area (Å²) in [4.78, 5) is 11.0. The van der Waals surface area contributed by atoms with Gasteiger partial charge in [0.25, 0.3) is 0 Å². The molecule has 4 aromatic rings. The fourth-order valence-electron chi connectivity index (χ4n) is 4.11. The quantitative estimate of drug-likeness (QED) is 0.375. The highest BCUT2D eigenvalue weighted by molar-refractivity contribution is 5.83. The number of phenols is 1.